The first-order chi connectivity index (χ1) is 9.60. The van der Waals surface area contributed by atoms with Crippen LogP contribution in [0.25, 0.3) is 0 Å². The van der Waals surface area contributed by atoms with Gasteiger partial charge in [-0.2, -0.15) is 0 Å². The zero-order valence-electron chi connectivity index (χ0n) is 11.9. The molecule has 0 aliphatic carbocycles. The van der Waals surface area contributed by atoms with Crippen LogP contribution in [0.1, 0.15) is 19.5 Å². The van der Waals surface area contributed by atoms with E-state index in [1.54, 1.807) is 38.2 Å². The lowest BCUT2D eigenvalue weighted by Crippen LogP contribution is -2.52. The molecule has 0 aliphatic rings. The van der Waals surface area contributed by atoms with Crippen molar-refractivity contribution in [1.82, 2.24) is 4.98 Å². The summed E-state index contributed by atoms with van der Waals surface area (Å²) in [5.41, 5.74) is -1.28. The average molecular weight is 281 g/mol. The first-order valence-electron chi connectivity index (χ1n) is 6.40. The minimum atomic E-state index is -1.82. The lowest BCUT2D eigenvalue weighted by atomic mass is 9.97. The fourth-order valence-corrected chi connectivity index (χ4v) is 1.72. The topological polar surface area (TPSA) is 74.7 Å². The van der Waals surface area contributed by atoms with Gasteiger partial charge in [0.25, 0.3) is 5.60 Å². The zero-order valence-corrected chi connectivity index (χ0v) is 11.9. The van der Waals surface area contributed by atoms with Gasteiger partial charge < -0.3 is 14.2 Å². The molecule has 0 saturated carbocycles. The van der Waals surface area contributed by atoms with Gasteiger partial charge in [0.2, 0.25) is 0 Å². The lowest BCUT2D eigenvalue weighted by Gasteiger charge is -2.27. The quantitative estimate of drug-likeness (QED) is 0.551. The number of carbonyl (C=O) groups is 2. The molecular weight excluding hydrogens is 262 g/mol. The van der Waals surface area contributed by atoms with E-state index in [0.29, 0.717) is 5.69 Å². The van der Waals surface area contributed by atoms with Crippen molar-refractivity contribution in [2.45, 2.75) is 25.9 Å². The standard InChI is InChI=1S/C14H19NO5/c1-4-19-12(16)14(18-3,13(17)20-5-2)10-11-8-6-7-9-15-11/h6-9H,4-5,10H2,1-3H3. The molecule has 0 bridgehead atoms. The third kappa shape index (κ3) is 3.54. The monoisotopic (exact) mass is 281 g/mol. The van der Waals surface area contributed by atoms with Crippen molar-refractivity contribution in [1.29, 1.82) is 0 Å². The van der Waals surface area contributed by atoms with Crippen LogP contribution < -0.4 is 0 Å². The molecule has 0 amide bonds. The first-order valence-corrected chi connectivity index (χ1v) is 6.40. The van der Waals surface area contributed by atoms with E-state index in [4.69, 9.17) is 14.2 Å². The molecule has 0 N–H and O–H groups in total. The molecule has 0 aliphatic heterocycles. The maximum atomic E-state index is 12.1. The summed E-state index contributed by atoms with van der Waals surface area (Å²) >= 11 is 0. The van der Waals surface area contributed by atoms with Gasteiger partial charge in [0.15, 0.2) is 0 Å². The van der Waals surface area contributed by atoms with Crippen molar-refractivity contribution in [3.05, 3.63) is 30.1 Å². The van der Waals surface area contributed by atoms with E-state index in [9.17, 15) is 9.59 Å². The molecule has 1 aromatic rings. The summed E-state index contributed by atoms with van der Waals surface area (Å²) in [4.78, 5) is 28.4. The number of aromatic nitrogens is 1. The van der Waals surface area contributed by atoms with Crippen molar-refractivity contribution in [3.8, 4) is 0 Å². The molecule has 20 heavy (non-hydrogen) atoms. The summed E-state index contributed by atoms with van der Waals surface area (Å²) in [5.74, 6) is -1.54. The Kier molecular flexibility index (Phi) is 6.11. The molecule has 0 fully saturated rings. The summed E-state index contributed by atoms with van der Waals surface area (Å²) in [7, 11) is 1.27. The van der Waals surface area contributed by atoms with E-state index < -0.39 is 17.5 Å². The van der Waals surface area contributed by atoms with Crippen LogP contribution >= 0.6 is 0 Å². The van der Waals surface area contributed by atoms with E-state index in [1.807, 2.05) is 0 Å². The van der Waals surface area contributed by atoms with Gasteiger partial charge in [0.05, 0.1) is 13.2 Å². The van der Waals surface area contributed by atoms with Crippen LogP contribution in [0.15, 0.2) is 24.4 Å². The van der Waals surface area contributed by atoms with Crippen molar-refractivity contribution in [3.63, 3.8) is 0 Å². The molecule has 0 unspecified atom stereocenters. The van der Waals surface area contributed by atoms with E-state index in [2.05, 4.69) is 4.98 Å². The number of methoxy groups -OCH3 is 1. The Hall–Kier alpha value is -1.95. The highest BCUT2D eigenvalue weighted by Crippen LogP contribution is 2.21. The SMILES string of the molecule is CCOC(=O)C(Cc1ccccn1)(OC)C(=O)OCC. The van der Waals surface area contributed by atoms with Gasteiger partial charge in [-0.05, 0) is 26.0 Å². The second-order valence-corrected chi connectivity index (χ2v) is 3.97. The Balaban J connectivity index is 3.10. The van der Waals surface area contributed by atoms with Gasteiger partial charge >= 0.3 is 11.9 Å². The van der Waals surface area contributed by atoms with Crippen LogP contribution in [0.2, 0.25) is 0 Å². The molecule has 0 atom stereocenters. The summed E-state index contributed by atoms with van der Waals surface area (Å²) < 4.78 is 15.1. The number of nitrogens with zero attached hydrogens (tertiary/aromatic N) is 1. The number of hydrogen-bond donors (Lipinski definition) is 0. The van der Waals surface area contributed by atoms with E-state index >= 15 is 0 Å². The Morgan fingerprint density at radius 3 is 2.15 bits per heavy atom. The van der Waals surface area contributed by atoms with Crippen molar-refractivity contribution < 1.29 is 23.8 Å². The van der Waals surface area contributed by atoms with Crippen LogP contribution in [0.3, 0.4) is 0 Å². The second-order valence-electron chi connectivity index (χ2n) is 3.97. The van der Waals surface area contributed by atoms with Crippen molar-refractivity contribution in [2.75, 3.05) is 20.3 Å². The summed E-state index contributed by atoms with van der Waals surface area (Å²) in [6.45, 7) is 3.60. The third-order valence-corrected chi connectivity index (χ3v) is 2.72. The Morgan fingerprint density at radius 2 is 1.75 bits per heavy atom. The molecule has 0 spiro atoms. The van der Waals surface area contributed by atoms with Crippen molar-refractivity contribution in [2.24, 2.45) is 0 Å². The predicted molar refractivity (Wildman–Crippen MR) is 70.9 cm³/mol. The van der Waals surface area contributed by atoms with Gasteiger partial charge in [-0.15, -0.1) is 0 Å². The van der Waals surface area contributed by atoms with Crippen LogP contribution in [-0.2, 0) is 30.2 Å². The summed E-state index contributed by atoms with van der Waals surface area (Å²) in [5, 5.41) is 0. The number of ether oxygens (including phenoxy) is 3. The summed E-state index contributed by atoms with van der Waals surface area (Å²) in [6.07, 6.45) is 1.54. The second kappa shape index (κ2) is 7.59. The van der Waals surface area contributed by atoms with Gasteiger partial charge in [-0.25, -0.2) is 9.59 Å². The fraction of sp³-hybridized carbons (Fsp3) is 0.500. The molecule has 1 aromatic heterocycles. The minimum Gasteiger partial charge on any atom is -0.463 e. The van der Waals surface area contributed by atoms with Crippen LogP contribution in [0.4, 0.5) is 0 Å². The Bertz CT molecular complexity index is 428. The van der Waals surface area contributed by atoms with Gasteiger partial charge in [0.1, 0.15) is 0 Å². The van der Waals surface area contributed by atoms with Gasteiger partial charge in [0, 0.05) is 25.4 Å². The van der Waals surface area contributed by atoms with Gasteiger partial charge in [-0.3, -0.25) is 4.98 Å². The molecule has 1 rings (SSSR count). The zero-order chi connectivity index (χ0) is 15.0. The molecule has 0 saturated heterocycles. The number of esters is 2. The Morgan fingerprint density at radius 1 is 1.15 bits per heavy atom. The fourth-order valence-electron chi connectivity index (χ4n) is 1.72. The Labute approximate surface area is 118 Å². The lowest BCUT2D eigenvalue weighted by molar-refractivity contribution is -0.187. The van der Waals surface area contributed by atoms with E-state index in [1.165, 1.54) is 7.11 Å². The molecular formula is C14H19NO5. The molecule has 0 aromatic carbocycles. The predicted octanol–water partition coefficient (Wildman–Crippen LogP) is 1.14. The van der Waals surface area contributed by atoms with E-state index in [0.717, 1.165) is 0 Å². The maximum Gasteiger partial charge on any atom is 0.350 e. The number of hydrogen-bond acceptors (Lipinski definition) is 6. The minimum absolute atomic E-state index is 0.0397. The summed E-state index contributed by atoms with van der Waals surface area (Å²) in [6, 6.07) is 5.21. The molecule has 110 valence electrons. The van der Waals surface area contributed by atoms with Crippen LogP contribution in [0, 0.1) is 0 Å². The smallest absolute Gasteiger partial charge is 0.350 e. The maximum absolute atomic E-state index is 12.1. The normalized spacial score (nSPS) is 10.9. The van der Waals surface area contributed by atoms with Gasteiger partial charge in [-0.1, -0.05) is 6.07 Å². The van der Waals surface area contributed by atoms with Crippen molar-refractivity contribution >= 4 is 11.9 Å². The molecule has 6 nitrogen and oxygen atoms in total. The number of carbonyl (C=O) groups excluding carboxylic acids is 2. The number of rotatable bonds is 7. The molecule has 1 heterocycles. The third-order valence-electron chi connectivity index (χ3n) is 2.72. The van der Waals surface area contributed by atoms with E-state index in [-0.39, 0.29) is 19.6 Å². The first kappa shape index (κ1) is 16.1. The molecule has 0 radical (unpaired) electrons. The largest absolute Gasteiger partial charge is 0.463 e. The highest BCUT2D eigenvalue weighted by atomic mass is 16.6. The average Bonchev–Trinajstić information content (AvgIpc) is 2.46. The molecule has 6 heteroatoms. The number of pyridine rings is 1. The van der Waals surface area contributed by atoms with Crippen LogP contribution in [-0.4, -0.2) is 42.8 Å². The highest BCUT2D eigenvalue weighted by Gasteiger charge is 2.50. The van der Waals surface area contributed by atoms with Crippen LogP contribution in [0.5, 0.6) is 0 Å². The highest BCUT2D eigenvalue weighted by molar-refractivity contribution is 6.04.